The van der Waals surface area contributed by atoms with Gasteiger partial charge in [-0.3, -0.25) is 4.79 Å². The second kappa shape index (κ2) is 6.70. The van der Waals surface area contributed by atoms with Gasteiger partial charge >= 0.3 is 0 Å². The van der Waals surface area contributed by atoms with Crippen LogP contribution >= 0.6 is 0 Å². The molecule has 0 spiro atoms. The largest absolute Gasteiger partial charge is 0.472 e. The van der Waals surface area contributed by atoms with Gasteiger partial charge in [0, 0.05) is 5.69 Å². The maximum absolute atomic E-state index is 12.5. The second-order valence-corrected chi connectivity index (χ2v) is 5.97. The van der Waals surface area contributed by atoms with Crippen LogP contribution in [0.1, 0.15) is 45.7 Å². The number of hydrogen-bond acceptors (Lipinski definition) is 3. The highest BCUT2D eigenvalue weighted by Gasteiger charge is 2.24. The van der Waals surface area contributed by atoms with E-state index in [9.17, 15) is 10.1 Å². The molecular weight excluding hydrogens is 314 g/mol. The number of hydrogen-bond donors (Lipinski definition) is 1. The Kier molecular flexibility index (Phi) is 4.44. The van der Waals surface area contributed by atoms with Crippen LogP contribution in [0.4, 0.5) is 5.82 Å². The van der Waals surface area contributed by atoms with Crippen molar-refractivity contribution < 1.29 is 9.21 Å². The van der Waals surface area contributed by atoms with Gasteiger partial charge in [-0.05, 0) is 38.0 Å². The second-order valence-electron chi connectivity index (χ2n) is 5.97. The fraction of sp³-hybridized carbons (Fsp3) is 0.200. The van der Waals surface area contributed by atoms with Crippen LogP contribution in [0.25, 0.3) is 0 Å². The predicted molar refractivity (Wildman–Crippen MR) is 95.5 cm³/mol. The number of anilines is 1. The summed E-state index contributed by atoms with van der Waals surface area (Å²) >= 11 is 0. The van der Waals surface area contributed by atoms with Gasteiger partial charge in [-0.15, -0.1) is 0 Å². The smallest absolute Gasteiger partial charge is 0.260 e. The van der Waals surface area contributed by atoms with E-state index in [-0.39, 0.29) is 11.9 Å². The molecule has 1 atom stereocenters. The van der Waals surface area contributed by atoms with Crippen molar-refractivity contribution in [3.63, 3.8) is 0 Å². The number of nitriles is 1. The minimum atomic E-state index is -0.302. The molecular formula is C20H19N3O2. The van der Waals surface area contributed by atoms with Crippen molar-refractivity contribution in [2.75, 3.05) is 5.32 Å². The molecule has 2 aromatic heterocycles. The van der Waals surface area contributed by atoms with Gasteiger partial charge in [0.15, 0.2) is 0 Å². The molecule has 126 valence electrons. The minimum absolute atomic E-state index is 0.0263. The first-order valence-electron chi connectivity index (χ1n) is 8.04. The monoisotopic (exact) mass is 333 g/mol. The highest BCUT2D eigenvalue weighted by atomic mass is 16.3. The lowest BCUT2D eigenvalue weighted by Crippen LogP contribution is -2.18. The van der Waals surface area contributed by atoms with Crippen molar-refractivity contribution >= 4 is 11.7 Å². The van der Waals surface area contributed by atoms with Gasteiger partial charge in [0.2, 0.25) is 0 Å². The fourth-order valence-corrected chi connectivity index (χ4v) is 3.02. The van der Waals surface area contributed by atoms with Crippen LogP contribution in [0.3, 0.4) is 0 Å². The molecule has 5 heteroatoms. The van der Waals surface area contributed by atoms with E-state index >= 15 is 0 Å². The molecule has 5 nitrogen and oxygen atoms in total. The quantitative estimate of drug-likeness (QED) is 0.767. The Morgan fingerprint density at radius 2 is 1.96 bits per heavy atom. The Hall–Kier alpha value is -3.26. The maximum Gasteiger partial charge on any atom is 0.260 e. The predicted octanol–water partition coefficient (Wildman–Crippen LogP) is 4.43. The van der Waals surface area contributed by atoms with E-state index in [0.717, 1.165) is 16.8 Å². The number of carbonyl (C=O) groups is 1. The minimum Gasteiger partial charge on any atom is -0.472 e. The van der Waals surface area contributed by atoms with Crippen molar-refractivity contribution in [3.8, 4) is 6.07 Å². The molecule has 0 aliphatic rings. The number of benzene rings is 1. The summed E-state index contributed by atoms with van der Waals surface area (Å²) < 4.78 is 6.97. The summed E-state index contributed by atoms with van der Waals surface area (Å²) in [6.45, 7) is 5.91. The molecule has 2 heterocycles. The van der Waals surface area contributed by atoms with Gasteiger partial charge < -0.3 is 14.3 Å². The number of aromatic nitrogens is 1. The van der Waals surface area contributed by atoms with Gasteiger partial charge in [-0.25, -0.2) is 0 Å². The summed E-state index contributed by atoms with van der Waals surface area (Å²) in [6.07, 6.45) is 2.83. The normalized spacial score (nSPS) is 11.8. The molecule has 0 aliphatic carbocycles. The van der Waals surface area contributed by atoms with E-state index < -0.39 is 0 Å². The fourth-order valence-electron chi connectivity index (χ4n) is 3.02. The van der Waals surface area contributed by atoms with E-state index in [0.29, 0.717) is 16.9 Å². The number of rotatable bonds is 4. The summed E-state index contributed by atoms with van der Waals surface area (Å²) in [4.78, 5) is 12.5. The van der Waals surface area contributed by atoms with Crippen LogP contribution in [0, 0.1) is 25.2 Å². The van der Waals surface area contributed by atoms with Crippen LogP contribution in [0.5, 0.6) is 0 Å². The van der Waals surface area contributed by atoms with Gasteiger partial charge in [0.05, 0.1) is 23.4 Å². The van der Waals surface area contributed by atoms with Gasteiger partial charge in [0.25, 0.3) is 5.91 Å². The molecule has 1 amide bonds. The Labute approximate surface area is 146 Å². The third-order valence-corrected chi connectivity index (χ3v) is 4.55. The number of carbonyl (C=O) groups excluding carboxylic acids is 1. The van der Waals surface area contributed by atoms with E-state index in [1.807, 2.05) is 48.7 Å². The molecule has 3 aromatic rings. The summed E-state index contributed by atoms with van der Waals surface area (Å²) in [5.41, 5.74) is 3.82. The number of furan rings is 1. The lowest BCUT2D eigenvalue weighted by molar-refractivity contribution is 0.102. The maximum atomic E-state index is 12.5. The van der Waals surface area contributed by atoms with Crippen LogP contribution in [-0.2, 0) is 0 Å². The van der Waals surface area contributed by atoms with Crippen LogP contribution in [-0.4, -0.2) is 10.5 Å². The Morgan fingerprint density at radius 3 is 2.56 bits per heavy atom. The first-order chi connectivity index (χ1) is 12.0. The third-order valence-electron chi connectivity index (χ3n) is 4.55. The SMILES string of the molecule is Cc1c(C#N)c(NC(=O)c2ccoc2)n(C(C)c2ccccc2)c1C. The van der Waals surface area contributed by atoms with Gasteiger partial charge in [-0.2, -0.15) is 5.26 Å². The molecule has 25 heavy (non-hydrogen) atoms. The van der Waals surface area contributed by atoms with E-state index in [1.165, 1.54) is 12.5 Å². The number of amides is 1. The van der Waals surface area contributed by atoms with Crippen molar-refractivity contribution in [1.82, 2.24) is 4.57 Å². The van der Waals surface area contributed by atoms with Crippen molar-refractivity contribution in [1.29, 1.82) is 5.26 Å². The topological polar surface area (TPSA) is 71.0 Å². The van der Waals surface area contributed by atoms with Crippen LogP contribution in [0.2, 0.25) is 0 Å². The zero-order valence-corrected chi connectivity index (χ0v) is 14.4. The van der Waals surface area contributed by atoms with E-state index in [4.69, 9.17) is 4.42 Å². The summed E-state index contributed by atoms with van der Waals surface area (Å²) in [5, 5.41) is 12.5. The number of nitrogens with zero attached hydrogens (tertiary/aromatic N) is 2. The van der Waals surface area contributed by atoms with Gasteiger partial charge in [-0.1, -0.05) is 30.3 Å². The van der Waals surface area contributed by atoms with Crippen molar-refractivity contribution in [3.05, 3.63) is 76.9 Å². The Morgan fingerprint density at radius 1 is 1.24 bits per heavy atom. The van der Waals surface area contributed by atoms with Crippen molar-refractivity contribution in [2.24, 2.45) is 0 Å². The molecule has 0 saturated carbocycles. The zero-order chi connectivity index (χ0) is 18.0. The molecule has 1 unspecified atom stereocenters. The summed E-state index contributed by atoms with van der Waals surface area (Å²) in [6, 6.07) is 13.8. The average molecular weight is 333 g/mol. The highest BCUT2D eigenvalue weighted by molar-refractivity contribution is 6.04. The highest BCUT2D eigenvalue weighted by Crippen LogP contribution is 2.33. The molecule has 0 saturated heterocycles. The van der Waals surface area contributed by atoms with Crippen LogP contribution in [0.15, 0.2) is 53.3 Å². The molecule has 0 radical (unpaired) electrons. The molecule has 3 rings (SSSR count). The first-order valence-corrected chi connectivity index (χ1v) is 8.04. The average Bonchev–Trinajstić information content (AvgIpc) is 3.24. The molecule has 0 aliphatic heterocycles. The third kappa shape index (κ3) is 2.94. The molecule has 1 N–H and O–H groups in total. The molecule has 0 fully saturated rings. The lowest BCUT2D eigenvalue weighted by Gasteiger charge is -2.20. The summed E-state index contributed by atoms with van der Waals surface area (Å²) in [7, 11) is 0. The Bertz CT molecular complexity index is 932. The van der Waals surface area contributed by atoms with E-state index in [1.54, 1.807) is 6.07 Å². The number of nitrogens with one attached hydrogen (secondary N) is 1. The standard InChI is InChI=1S/C20H19N3O2/c1-13-14(2)23(15(3)16-7-5-4-6-8-16)19(18(13)11-21)22-20(24)17-9-10-25-12-17/h4-10,12,15H,1-3H3,(H,22,24). The molecule has 1 aromatic carbocycles. The van der Waals surface area contributed by atoms with E-state index in [2.05, 4.69) is 18.3 Å². The van der Waals surface area contributed by atoms with Gasteiger partial charge in [0.1, 0.15) is 18.2 Å². The summed E-state index contributed by atoms with van der Waals surface area (Å²) in [5.74, 6) is 0.212. The molecule has 0 bridgehead atoms. The van der Waals surface area contributed by atoms with Crippen molar-refractivity contribution in [2.45, 2.75) is 26.8 Å². The zero-order valence-electron chi connectivity index (χ0n) is 14.4. The lowest BCUT2D eigenvalue weighted by atomic mass is 10.1. The Balaban J connectivity index is 2.09. The van der Waals surface area contributed by atoms with Crippen LogP contribution < -0.4 is 5.32 Å². The first kappa shape index (κ1) is 16.6.